The van der Waals surface area contributed by atoms with Gasteiger partial charge in [-0.25, -0.2) is 4.98 Å². The van der Waals surface area contributed by atoms with Gasteiger partial charge in [0.1, 0.15) is 0 Å². The van der Waals surface area contributed by atoms with E-state index in [2.05, 4.69) is 62.3 Å². The minimum Gasteiger partial charge on any atom is -0.357 e. The first-order chi connectivity index (χ1) is 11.5. The molecule has 138 valence electrons. The summed E-state index contributed by atoms with van der Waals surface area (Å²) in [6.45, 7) is 11.4. The maximum Gasteiger partial charge on any atom is 0.191 e. The zero-order valence-electron chi connectivity index (χ0n) is 16.2. The normalized spacial score (nSPS) is 13.6. The number of rotatable bonds is 10. The molecule has 24 heavy (non-hydrogen) atoms. The summed E-state index contributed by atoms with van der Waals surface area (Å²) in [6, 6.07) is 0.478. The van der Waals surface area contributed by atoms with Gasteiger partial charge in [0.25, 0.3) is 0 Å². The van der Waals surface area contributed by atoms with Crippen molar-refractivity contribution in [3.63, 3.8) is 0 Å². The lowest BCUT2D eigenvalue weighted by atomic mass is 10.0. The highest BCUT2D eigenvalue weighted by atomic mass is 32.1. The quantitative estimate of drug-likeness (QED) is 0.502. The highest BCUT2D eigenvalue weighted by Crippen LogP contribution is 2.13. The smallest absolute Gasteiger partial charge is 0.191 e. The van der Waals surface area contributed by atoms with Crippen molar-refractivity contribution >= 4 is 17.3 Å². The molecule has 0 aliphatic rings. The highest BCUT2D eigenvalue weighted by Gasteiger charge is 2.13. The van der Waals surface area contributed by atoms with Gasteiger partial charge in [0.15, 0.2) is 5.96 Å². The third-order valence-corrected chi connectivity index (χ3v) is 5.06. The van der Waals surface area contributed by atoms with Crippen LogP contribution in [0.2, 0.25) is 0 Å². The van der Waals surface area contributed by atoms with Gasteiger partial charge in [-0.1, -0.05) is 20.8 Å². The Labute approximate surface area is 152 Å². The van der Waals surface area contributed by atoms with Crippen LogP contribution >= 0.6 is 11.3 Å². The van der Waals surface area contributed by atoms with Gasteiger partial charge in [-0.3, -0.25) is 4.99 Å². The molecular formula is C18H35N5S. The summed E-state index contributed by atoms with van der Waals surface area (Å²) in [5.74, 6) is 1.58. The summed E-state index contributed by atoms with van der Waals surface area (Å²) >= 11 is 1.81. The van der Waals surface area contributed by atoms with E-state index < -0.39 is 0 Å². The third-order valence-electron chi connectivity index (χ3n) is 3.86. The molecular weight excluding hydrogens is 318 g/mol. The summed E-state index contributed by atoms with van der Waals surface area (Å²) in [4.78, 5) is 12.9. The summed E-state index contributed by atoms with van der Waals surface area (Å²) in [5.41, 5.74) is 0. The van der Waals surface area contributed by atoms with E-state index in [0.717, 1.165) is 44.9 Å². The monoisotopic (exact) mass is 353 g/mol. The van der Waals surface area contributed by atoms with Gasteiger partial charge in [-0.15, -0.1) is 11.3 Å². The maximum atomic E-state index is 4.78. The second kappa shape index (κ2) is 11.4. The molecule has 6 heteroatoms. The molecule has 1 unspecified atom stereocenters. The number of aliphatic imine (C=N–C) groups is 1. The molecule has 0 spiro atoms. The second-order valence-corrected chi connectivity index (χ2v) is 7.92. The van der Waals surface area contributed by atoms with Crippen molar-refractivity contribution in [3.8, 4) is 0 Å². The van der Waals surface area contributed by atoms with Crippen LogP contribution in [0, 0.1) is 5.92 Å². The number of hydrogen-bond donors (Lipinski definition) is 2. The van der Waals surface area contributed by atoms with Crippen molar-refractivity contribution in [2.75, 3.05) is 33.7 Å². The van der Waals surface area contributed by atoms with E-state index in [1.54, 1.807) is 0 Å². The first kappa shape index (κ1) is 20.9. The molecule has 1 atom stereocenters. The molecule has 2 N–H and O–H groups in total. The minimum absolute atomic E-state index is 0.478. The van der Waals surface area contributed by atoms with Gasteiger partial charge in [0.05, 0.1) is 11.6 Å². The standard InChI is InChI=1S/C18H35N5S/c1-7-16-13-21-17(24-16)9-10-20-18(19-8-2)22-12-15(23(5)6)11-14(3)4/h13-15H,7-12H2,1-6H3,(H2,19,20,22). The van der Waals surface area contributed by atoms with E-state index in [0.29, 0.717) is 12.0 Å². The van der Waals surface area contributed by atoms with E-state index in [-0.39, 0.29) is 0 Å². The molecule has 0 bridgehead atoms. The number of hydrogen-bond acceptors (Lipinski definition) is 4. The molecule has 1 heterocycles. The van der Waals surface area contributed by atoms with Crippen molar-refractivity contribution in [1.29, 1.82) is 0 Å². The maximum absolute atomic E-state index is 4.78. The van der Waals surface area contributed by atoms with Gasteiger partial charge in [-0.05, 0) is 39.8 Å². The van der Waals surface area contributed by atoms with Crippen molar-refractivity contribution < 1.29 is 0 Å². The van der Waals surface area contributed by atoms with Crippen molar-refractivity contribution in [3.05, 3.63) is 16.1 Å². The Bertz CT molecular complexity index is 482. The average Bonchev–Trinajstić information content (AvgIpc) is 2.98. The van der Waals surface area contributed by atoms with Crippen LogP contribution in [0.5, 0.6) is 0 Å². The molecule has 0 radical (unpaired) electrons. The van der Waals surface area contributed by atoms with E-state index in [9.17, 15) is 0 Å². The van der Waals surface area contributed by atoms with Crippen LogP contribution in [0.4, 0.5) is 0 Å². The first-order valence-electron chi connectivity index (χ1n) is 9.08. The van der Waals surface area contributed by atoms with Crippen LogP contribution in [0.25, 0.3) is 0 Å². The lowest BCUT2D eigenvalue weighted by molar-refractivity contribution is 0.261. The summed E-state index contributed by atoms with van der Waals surface area (Å²) in [7, 11) is 4.27. The predicted octanol–water partition coefficient (Wildman–Crippen LogP) is 2.78. The molecule has 0 aromatic carbocycles. The largest absolute Gasteiger partial charge is 0.357 e. The van der Waals surface area contributed by atoms with Gasteiger partial charge >= 0.3 is 0 Å². The van der Waals surface area contributed by atoms with Gasteiger partial charge in [-0.2, -0.15) is 0 Å². The molecule has 0 saturated heterocycles. The number of aryl methyl sites for hydroxylation is 1. The van der Waals surface area contributed by atoms with Crippen molar-refractivity contribution in [2.45, 2.75) is 53.0 Å². The predicted molar refractivity (Wildman–Crippen MR) is 106 cm³/mol. The number of nitrogens with one attached hydrogen (secondary N) is 2. The second-order valence-electron chi connectivity index (χ2n) is 6.72. The number of guanidine groups is 1. The number of likely N-dealkylation sites (N-methyl/N-ethyl adjacent to an activating group) is 1. The Morgan fingerprint density at radius 3 is 2.58 bits per heavy atom. The Kier molecular flexibility index (Phi) is 9.95. The molecule has 5 nitrogen and oxygen atoms in total. The molecule has 1 aromatic rings. The van der Waals surface area contributed by atoms with Crippen LogP contribution in [0.1, 0.15) is 44.0 Å². The number of nitrogens with zero attached hydrogens (tertiary/aromatic N) is 3. The Morgan fingerprint density at radius 1 is 1.29 bits per heavy atom. The summed E-state index contributed by atoms with van der Waals surface area (Å²) < 4.78 is 0. The molecule has 1 rings (SSSR count). The fourth-order valence-corrected chi connectivity index (χ4v) is 3.31. The first-order valence-corrected chi connectivity index (χ1v) is 9.90. The fraction of sp³-hybridized carbons (Fsp3) is 0.778. The molecule has 0 aliphatic carbocycles. The Balaban J connectivity index is 2.51. The van der Waals surface area contributed by atoms with Crippen molar-refractivity contribution in [2.24, 2.45) is 10.9 Å². The summed E-state index contributed by atoms with van der Waals surface area (Å²) in [5, 5.41) is 7.96. The molecule has 0 aliphatic heterocycles. The molecule has 1 aromatic heterocycles. The Hall–Kier alpha value is -1.14. The van der Waals surface area contributed by atoms with Crippen LogP contribution in [0.15, 0.2) is 11.2 Å². The molecule has 0 amide bonds. The highest BCUT2D eigenvalue weighted by molar-refractivity contribution is 7.11. The van der Waals surface area contributed by atoms with Gasteiger partial charge in [0.2, 0.25) is 0 Å². The van der Waals surface area contributed by atoms with Crippen molar-refractivity contribution in [1.82, 2.24) is 20.5 Å². The number of thiazole rings is 1. The average molecular weight is 354 g/mol. The SMILES string of the molecule is CCNC(=NCC(CC(C)C)N(C)C)NCCc1ncc(CC)s1. The molecule has 0 fully saturated rings. The number of aromatic nitrogens is 1. The van der Waals surface area contributed by atoms with E-state index in [1.165, 1.54) is 9.88 Å². The Morgan fingerprint density at radius 2 is 2.04 bits per heavy atom. The zero-order chi connectivity index (χ0) is 17.9. The lowest BCUT2D eigenvalue weighted by Gasteiger charge is -2.24. The summed E-state index contributed by atoms with van der Waals surface area (Å²) in [6.07, 6.45) is 5.16. The minimum atomic E-state index is 0.478. The van der Waals surface area contributed by atoms with Crippen LogP contribution < -0.4 is 10.6 Å². The van der Waals surface area contributed by atoms with Crippen LogP contribution in [0.3, 0.4) is 0 Å². The van der Waals surface area contributed by atoms with E-state index in [4.69, 9.17) is 4.99 Å². The van der Waals surface area contributed by atoms with Crippen LogP contribution in [-0.2, 0) is 12.8 Å². The lowest BCUT2D eigenvalue weighted by Crippen LogP contribution is -2.40. The van der Waals surface area contributed by atoms with Gasteiger partial charge in [0, 0.05) is 36.6 Å². The fourth-order valence-electron chi connectivity index (χ4n) is 2.45. The topological polar surface area (TPSA) is 52.6 Å². The zero-order valence-corrected chi connectivity index (χ0v) is 17.0. The van der Waals surface area contributed by atoms with E-state index >= 15 is 0 Å². The third kappa shape index (κ3) is 8.11. The van der Waals surface area contributed by atoms with Crippen LogP contribution in [-0.4, -0.2) is 55.6 Å². The van der Waals surface area contributed by atoms with E-state index in [1.807, 2.05) is 17.5 Å². The molecule has 0 saturated carbocycles. The van der Waals surface area contributed by atoms with Gasteiger partial charge < -0.3 is 15.5 Å².